The Morgan fingerprint density at radius 1 is 0.933 bits per heavy atom. The number of unbranched alkanes of at least 4 members (excludes halogenated alkanes) is 1. The Morgan fingerprint density at radius 3 is 2.20 bits per heavy atom. The molecule has 0 fully saturated rings. The van der Waals surface area contributed by atoms with Gasteiger partial charge < -0.3 is 10.0 Å². The van der Waals surface area contributed by atoms with Gasteiger partial charge in [0.1, 0.15) is 11.6 Å². The van der Waals surface area contributed by atoms with Crippen molar-refractivity contribution in [2.75, 3.05) is 24.6 Å². The van der Waals surface area contributed by atoms with E-state index in [1.54, 1.807) is 0 Å². The van der Waals surface area contributed by atoms with Crippen LogP contribution < -0.4 is 4.90 Å². The van der Waals surface area contributed by atoms with E-state index in [4.69, 9.17) is 9.97 Å². The normalized spacial score (nSPS) is 11.5. The summed E-state index contributed by atoms with van der Waals surface area (Å²) in [5, 5.41) is 10.4. The molecule has 0 aliphatic rings. The third-order valence-electron chi connectivity index (χ3n) is 5.94. The van der Waals surface area contributed by atoms with Gasteiger partial charge in [-0.15, -0.1) is 0 Å². The van der Waals surface area contributed by atoms with Crippen LogP contribution >= 0.6 is 0 Å². The zero-order valence-electron chi connectivity index (χ0n) is 19.6. The van der Waals surface area contributed by atoms with Crippen LogP contribution in [-0.4, -0.2) is 39.3 Å². The molecule has 2 aromatic heterocycles. The number of aryl methyl sites for hydroxylation is 5. The Labute approximate surface area is 180 Å². The minimum Gasteiger partial charge on any atom is -0.396 e. The Morgan fingerprint density at radius 2 is 1.60 bits per heavy atom. The van der Waals surface area contributed by atoms with Crippen molar-refractivity contribution in [3.8, 4) is 5.69 Å². The van der Waals surface area contributed by atoms with E-state index in [2.05, 4.69) is 63.1 Å². The van der Waals surface area contributed by atoms with Crippen molar-refractivity contribution in [1.82, 2.24) is 14.5 Å². The predicted octanol–water partition coefficient (Wildman–Crippen LogP) is 5.26. The molecule has 2 heterocycles. The maximum absolute atomic E-state index is 9.23. The molecule has 0 bridgehead atoms. The zero-order valence-corrected chi connectivity index (χ0v) is 19.6. The Bertz CT molecular complexity index is 1030. The van der Waals surface area contributed by atoms with Crippen LogP contribution in [0.1, 0.15) is 60.0 Å². The highest BCUT2D eigenvalue weighted by atomic mass is 16.2. The summed E-state index contributed by atoms with van der Waals surface area (Å²) < 4.78 is 2.32. The van der Waals surface area contributed by atoms with Gasteiger partial charge in [-0.1, -0.05) is 24.6 Å². The Kier molecular flexibility index (Phi) is 6.81. The van der Waals surface area contributed by atoms with E-state index < -0.39 is 0 Å². The molecule has 0 amide bonds. The van der Waals surface area contributed by atoms with Crippen LogP contribution in [0.25, 0.3) is 16.7 Å². The summed E-state index contributed by atoms with van der Waals surface area (Å²) in [6, 6.07) is 4.49. The van der Waals surface area contributed by atoms with Crippen molar-refractivity contribution in [2.24, 2.45) is 0 Å². The summed E-state index contributed by atoms with van der Waals surface area (Å²) in [6.45, 7) is 17.2. The van der Waals surface area contributed by atoms with Gasteiger partial charge in [-0.3, -0.25) is 4.57 Å². The molecular weight excluding hydrogens is 372 g/mol. The van der Waals surface area contributed by atoms with Crippen LogP contribution in [-0.2, 0) is 0 Å². The number of aliphatic hydroxyl groups excluding tert-OH is 1. The summed E-state index contributed by atoms with van der Waals surface area (Å²) in [7, 11) is 0. The first-order valence-electron chi connectivity index (χ1n) is 11.1. The predicted molar refractivity (Wildman–Crippen MR) is 126 cm³/mol. The molecule has 3 rings (SSSR count). The highest BCUT2D eigenvalue weighted by Crippen LogP contribution is 2.35. The minimum atomic E-state index is 0.235. The Balaban J connectivity index is 2.28. The Hall–Kier alpha value is -2.40. The molecular formula is C25H36N4O. The number of aliphatic hydroxyl groups is 1. The number of benzene rings is 1. The summed E-state index contributed by atoms with van der Waals surface area (Å²) in [5.74, 6) is 1.82. The van der Waals surface area contributed by atoms with Gasteiger partial charge in [-0.25, -0.2) is 9.97 Å². The topological polar surface area (TPSA) is 54.2 Å². The van der Waals surface area contributed by atoms with Crippen LogP contribution in [0.4, 0.5) is 5.82 Å². The van der Waals surface area contributed by atoms with E-state index in [1.807, 2.05) is 6.92 Å². The van der Waals surface area contributed by atoms with Crippen LogP contribution in [0, 0.1) is 41.5 Å². The lowest BCUT2D eigenvalue weighted by molar-refractivity contribution is 0.285. The number of rotatable bonds is 8. The summed E-state index contributed by atoms with van der Waals surface area (Å²) in [6.07, 6.45) is 2.82. The number of anilines is 1. The van der Waals surface area contributed by atoms with E-state index >= 15 is 0 Å². The van der Waals surface area contributed by atoms with Gasteiger partial charge in [0.2, 0.25) is 0 Å². The molecule has 0 atom stereocenters. The molecule has 1 aromatic carbocycles. The SMILES string of the molecule is CCCN(CCCCO)c1nc(C)nc2c1c(C)c(C)n2-c1c(C)cc(C)cc1C. The van der Waals surface area contributed by atoms with Gasteiger partial charge in [0.25, 0.3) is 0 Å². The smallest absolute Gasteiger partial charge is 0.150 e. The van der Waals surface area contributed by atoms with Gasteiger partial charge in [0.05, 0.1) is 11.1 Å². The third-order valence-corrected chi connectivity index (χ3v) is 5.94. The van der Waals surface area contributed by atoms with E-state index in [9.17, 15) is 5.11 Å². The van der Waals surface area contributed by atoms with Crippen molar-refractivity contribution >= 4 is 16.9 Å². The maximum atomic E-state index is 9.23. The molecule has 3 aromatic rings. The number of hydrogen-bond acceptors (Lipinski definition) is 4. The molecule has 1 N–H and O–H groups in total. The molecule has 162 valence electrons. The first-order valence-corrected chi connectivity index (χ1v) is 11.1. The maximum Gasteiger partial charge on any atom is 0.150 e. The molecule has 0 spiro atoms. The van der Waals surface area contributed by atoms with Crippen molar-refractivity contribution < 1.29 is 5.11 Å². The van der Waals surface area contributed by atoms with Crippen LogP contribution in [0.2, 0.25) is 0 Å². The van der Waals surface area contributed by atoms with Gasteiger partial charge in [-0.2, -0.15) is 0 Å². The first kappa shape index (κ1) is 22.3. The average molecular weight is 409 g/mol. The van der Waals surface area contributed by atoms with Crippen LogP contribution in [0.5, 0.6) is 0 Å². The minimum absolute atomic E-state index is 0.235. The number of nitrogens with zero attached hydrogens (tertiary/aromatic N) is 4. The summed E-state index contributed by atoms with van der Waals surface area (Å²) in [5.41, 5.74) is 8.48. The van der Waals surface area contributed by atoms with Gasteiger partial charge >= 0.3 is 0 Å². The quantitative estimate of drug-likeness (QED) is 0.517. The molecule has 0 saturated heterocycles. The highest BCUT2D eigenvalue weighted by Gasteiger charge is 2.23. The second-order valence-corrected chi connectivity index (χ2v) is 8.50. The van der Waals surface area contributed by atoms with Gasteiger partial charge in [-0.05, 0) is 77.5 Å². The lowest BCUT2D eigenvalue weighted by Gasteiger charge is -2.24. The largest absolute Gasteiger partial charge is 0.396 e. The number of aromatic nitrogens is 3. The fraction of sp³-hybridized carbons (Fsp3) is 0.520. The summed E-state index contributed by atoms with van der Waals surface area (Å²) >= 11 is 0. The van der Waals surface area contributed by atoms with Crippen molar-refractivity contribution in [2.45, 2.75) is 67.7 Å². The first-order chi connectivity index (χ1) is 14.3. The average Bonchev–Trinajstić information content (AvgIpc) is 2.91. The van der Waals surface area contributed by atoms with Crippen molar-refractivity contribution in [3.05, 3.63) is 45.9 Å². The van der Waals surface area contributed by atoms with E-state index in [1.165, 1.54) is 33.6 Å². The second-order valence-electron chi connectivity index (χ2n) is 8.50. The fourth-order valence-electron chi connectivity index (χ4n) is 4.58. The molecule has 0 aliphatic carbocycles. The monoisotopic (exact) mass is 408 g/mol. The molecule has 0 aliphatic heterocycles. The van der Waals surface area contributed by atoms with E-state index in [-0.39, 0.29) is 6.61 Å². The number of fused-ring (bicyclic) bond motifs is 1. The molecule has 5 nitrogen and oxygen atoms in total. The lowest BCUT2D eigenvalue weighted by atomic mass is 10.0. The van der Waals surface area contributed by atoms with E-state index in [0.717, 1.165) is 55.0 Å². The van der Waals surface area contributed by atoms with Gasteiger partial charge in [0.15, 0.2) is 5.65 Å². The fourth-order valence-corrected chi connectivity index (χ4v) is 4.58. The lowest BCUT2D eigenvalue weighted by Crippen LogP contribution is -2.27. The zero-order chi connectivity index (χ0) is 22.0. The molecule has 5 heteroatoms. The molecule has 0 saturated carbocycles. The number of hydrogen-bond donors (Lipinski definition) is 1. The van der Waals surface area contributed by atoms with Crippen LogP contribution in [0.15, 0.2) is 12.1 Å². The third kappa shape index (κ3) is 4.08. The van der Waals surface area contributed by atoms with Crippen molar-refractivity contribution in [1.29, 1.82) is 0 Å². The standard InChI is InChI=1S/C25H36N4O/c1-8-11-28(12-9-10-13-30)24-22-19(5)20(6)29(25(22)27-21(7)26-24)23-17(3)14-16(2)15-18(23)4/h14-15,30H,8-13H2,1-7H3. The second kappa shape index (κ2) is 9.17. The summed E-state index contributed by atoms with van der Waals surface area (Å²) in [4.78, 5) is 12.2. The molecule has 30 heavy (non-hydrogen) atoms. The van der Waals surface area contributed by atoms with Crippen LogP contribution in [0.3, 0.4) is 0 Å². The highest BCUT2D eigenvalue weighted by molar-refractivity contribution is 5.94. The van der Waals surface area contributed by atoms with Crippen molar-refractivity contribution in [3.63, 3.8) is 0 Å². The van der Waals surface area contributed by atoms with Gasteiger partial charge in [0, 0.05) is 25.4 Å². The molecule has 0 radical (unpaired) electrons. The van der Waals surface area contributed by atoms with E-state index in [0.29, 0.717) is 0 Å². The molecule has 0 unspecified atom stereocenters.